The van der Waals surface area contributed by atoms with Crippen molar-refractivity contribution in [2.75, 3.05) is 13.1 Å². The lowest BCUT2D eigenvalue weighted by molar-refractivity contribution is -0.147. The third-order valence-corrected chi connectivity index (χ3v) is 5.40. The van der Waals surface area contributed by atoms with Crippen LogP contribution < -0.4 is 11.1 Å². The second-order valence-corrected chi connectivity index (χ2v) is 7.20. The third kappa shape index (κ3) is 4.46. The minimum Gasteiger partial charge on any atom is -0.480 e. The van der Waals surface area contributed by atoms with Gasteiger partial charge in [0.15, 0.2) is 5.66 Å². The smallest absolute Gasteiger partial charge is 0.317 e. The molecule has 7 nitrogen and oxygen atoms in total. The van der Waals surface area contributed by atoms with E-state index in [4.69, 9.17) is 10.8 Å². The van der Waals surface area contributed by atoms with E-state index in [9.17, 15) is 14.4 Å². The predicted molar refractivity (Wildman–Crippen MR) is 108 cm³/mol. The van der Waals surface area contributed by atoms with E-state index in [-0.39, 0.29) is 18.2 Å². The number of nitrogens with one attached hydrogen (secondary N) is 1. The van der Waals surface area contributed by atoms with Crippen LogP contribution in [0.5, 0.6) is 0 Å². The zero-order valence-electron chi connectivity index (χ0n) is 16.1. The number of likely N-dealkylation sites (tertiary alicyclic amines) is 1. The Morgan fingerprint density at radius 3 is 2.07 bits per heavy atom. The summed E-state index contributed by atoms with van der Waals surface area (Å²) in [5.74, 6) is -2.27. The monoisotopic (exact) mass is 395 g/mol. The Balaban J connectivity index is 1.88. The Morgan fingerprint density at radius 1 is 1.03 bits per heavy atom. The number of amides is 2. The predicted octanol–water partition coefficient (Wildman–Crippen LogP) is 1.69. The molecule has 0 unspecified atom stereocenters. The molecule has 1 fully saturated rings. The molecule has 1 aliphatic rings. The first kappa shape index (κ1) is 20.5. The van der Waals surface area contributed by atoms with Crippen LogP contribution in [0.2, 0.25) is 0 Å². The van der Waals surface area contributed by atoms with Crippen molar-refractivity contribution >= 4 is 17.8 Å². The first-order valence-electron chi connectivity index (χ1n) is 9.61. The van der Waals surface area contributed by atoms with Gasteiger partial charge in [-0.25, -0.2) is 0 Å². The molecule has 1 saturated heterocycles. The van der Waals surface area contributed by atoms with Gasteiger partial charge in [-0.2, -0.15) is 0 Å². The summed E-state index contributed by atoms with van der Waals surface area (Å²) in [7, 11) is 0. The molecule has 0 aliphatic carbocycles. The van der Waals surface area contributed by atoms with Crippen molar-refractivity contribution in [3.63, 3.8) is 0 Å². The normalized spacial score (nSPS) is 18.7. The number of primary amides is 1. The SMILES string of the molecule is NC(=O)[C@@]1(NCC(=O)O)CCCN1C(=O)CC(c1ccccc1)c1ccccc1. The number of carboxylic acid groups (broad SMARTS) is 1. The van der Waals surface area contributed by atoms with Crippen LogP contribution in [0.3, 0.4) is 0 Å². The molecule has 0 saturated carbocycles. The van der Waals surface area contributed by atoms with Crippen molar-refractivity contribution in [3.8, 4) is 0 Å². The molecule has 0 aromatic heterocycles. The number of carbonyl (C=O) groups excluding carboxylic acids is 2. The highest BCUT2D eigenvalue weighted by Crippen LogP contribution is 2.33. The molecule has 152 valence electrons. The van der Waals surface area contributed by atoms with Gasteiger partial charge in [0.2, 0.25) is 5.91 Å². The van der Waals surface area contributed by atoms with Crippen LogP contribution >= 0.6 is 0 Å². The van der Waals surface area contributed by atoms with Gasteiger partial charge in [0.25, 0.3) is 5.91 Å². The van der Waals surface area contributed by atoms with Gasteiger partial charge in [-0.3, -0.25) is 19.7 Å². The maximum atomic E-state index is 13.3. The van der Waals surface area contributed by atoms with E-state index in [1.807, 2.05) is 60.7 Å². The van der Waals surface area contributed by atoms with Gasteiger partial charge in [-0.1, -0.05) is 60.7 Å². The molecule has 0 bridgehead atoms. The fourth-order valence-corrected chi connectivity index (χ4v) is 3.99. The Hall–Kier alpha value is -3.19. The molecular formula is C22H25N3O4. The Labute approximate surface area is 169 Å². The van der Waals surface area contributed by atoms with Crippen LogP contribution in [0, 0.1) is 0 Å². The fraction of sp³-hybridized carbons (Fsp3) is 0.318. The molecule has 2 aromatic rings. The number of carbonyl (C=O) groups is 3. The van der Waals surface area contributed by atoms with Crippen LogP contribution in [-0.2, 0) is 14.4 Å². The van der Waals surface area contributed by atoms with E-state index >= 15 is 0 Å². The highest BCUT2D eigenvalue weighted by atomic mass is 16.4. The molecule has 1 aliphatic heterocycles. The summed E-state index contributed by atoms with van der Waals surface area (Å²) in [6.07, 6.45) is 1.02. The number of nitrogens with zero attached hydrogens (tertiary/aromatic N) is 1. The summed E-state index contributed by atoms with van der Waals surface area (Å²) in [5.41, 5.74) is 6.14. The number of rotatable bonds is 8. The van der Waals surface area contributed by atoms with Gasteiger partial charge in [0, 0.05) is 18.9 Å². The first-order valence-corrected chi connectivity index (χ1v) is 9.61. The van der Waals surface area contributed by atoms with E-state index in [0.29, 0.717) is 19.4 Å². The molecule has 7 heteroatoms. The van der Waals surface area contributed by atoms with E-state index < -0.39 is 24.1 Å². The van der Waals surface area contributed by atoms with Gasteiger partial charge in [-0.05, 0) is 24.0 Å². The van der Waals surface area contributed by atoms with Crippen LogP contribution in [0.4, 0.5) is 0 Å². The average Bonchev–Trinajstić information content (AvgIpc) is 3.17. The first-order chi connectivity index (χ1) is 13.9. The molecule has 3 rings (SSSR count). The van der Waals surface area contributed by atoms with E-state index in [1.54, 1.807) is 0 Å². The van der Waals surface area contributed by atoms with Crippen molar-refractivity contribution < 1.29 is 19.5 Å². The van der Waals surface area contributed by atoms with E-state index in [1.165, 1.54) is 4.90 Å². The fourth-order valence-electron chi connectivity index (χ4n) is 3.99. The Morgan fingerprint density at radius 2 is 1.59 bits per heavy atom. The van der Waals surface area contributed by atoms with Crippen LogP contribution in [0.25, 0.3) is 0 Å². The summed E-state index contributed by atoms with van der Waals surface area (Å²) in [5, 5.41) is 11.7. The van der Waals surface area contributed by atoms with Crippen molar-refractivity contribution in [3.05, 3.63) is 71.8 Å². The maximum Gasteiger partial charge on any atom is 0.317 e. The molecular weight excluding hydrogens is 370 g/mol. The van der Waals surface area contributed by atoms with Crippen LogP contribution in [0.1, 0.15) is 36.3 Å². The van der Waals surface area contributed by atoms with Gasteiger partial charge in [0.05, 0.1) is 6.54 Å². The second-order valence-electron chi connectivity index (χ2n) is 7.20. The lowest BCUT2D eigenvalue weighted by Crippen LogP contribution is -2.65. The molecule has 29 heavy (non-hydrogen) atoms. The highest BCUT2D eigenvalue weighted by molar-refractivity contribution is 5.91. The second kappa shape index (κ2) is 8.87. The van der Waals surface area contributed by atoms with Crippen LogP contribution in [0.15, 0.2) is 60.7 Å². The number of benzene rings is 2. The van der Waals surface area contributed by atoms with Crippen molar-refractivity contribution in [2.45, 2.75) is 30.8 Å². The summed E-state index contributed by atoms with van der Waals surface area (Å²) in [6, 6.07) is 19.4. The van der Waals surface area contributed by atoms with E-state index in [0.717, 1.165) is 11.1 Å². The third-order valence-electron chi connectivity index (χ3n) is 5.40. The summed E-state index contributed by atoms with van der Waals surface area (Å²) in [4.78, 5) is 38.0. The number of nitrogens with two attached hydrogens (primary N) is 1. The average molecular weight is 395 g/mol. The molecule has 2 amide bonds. The minimum atomic E-state index is -1.46. The van der Waals surface area contributed by atoms with Gasteiger partial charge < -0.3 is 15.7 Å². The van der Waals surface area contributed by atoms with Crippen molar-refractivity contribution in [1.29, 1.82) is 0 Å². The highest BCUT2D eigenvalue weighted by Gasteiger charge is 2.48. The molecule has 4 N–H and O–H groups in total. The molecule has 0 spiro atoms. The maximum absolute atomic E-state index is 13.3. The number of aliphatic carboxylic acids is 1. The van der Waals surface area contributed by atoms with E-state index in [2.05, 4.69) is 5.32 Å². The quantitative estimate of drug-likeness (QED) is 0.630. The standard InChI is InChI=1S/C22H25N3O4/c23-21(29)22(24-15-20(27)28)12-7-13-25(22)19(26)14-18(16-8-3-1-4-9-16)17-10-5-2-6-11-17/h1-6,8-11,18,24H,7,12-15H2,(H2,23,29)(H,27,28)/t22-/m1/s1. The molecule has 2 aromatic carbocycles. The molecule has 0 radical (unpaired) electrons. The van der Waals surface area contributed by atoms with Crippen molar-refractivity contribution in [1.82, 2.24) is 10.2 Å². The lowest BCUT2D eigenvalue weighted by Gasteiger charge is -2.37. The number of hydrogen-bond donors (Lipinski definition) is 3. The van der Waals surface area contributed by atoms with Gasteiger partial charge in [0.1, 0.15) is 0 Å². The van der Waals surface area contributed by atoms with Crippen molar-refractivity contribution in [2.24, 2.45) is 5.73 Å². The number of carboxylic acids is 1. The van der Waals surface area contributed by atoms with Gasteiger partial charge in [-0.15, -0.1) is 0 Å². The van der Waals surface area contributed by atoms with Gasteiger partial charge >= 0.3 is 5.97 Å². The zero-order chi connectivity index (χ0) is 20.9. The lowest BCUT2D eigenvalue weighted by atomic mass is 9.88. The zero-order valence-corrected chi connectivity index (χ0v) is 16.1. The Bertz CT molecular complexity index is 833. The van der Waals surface area contributed by atoms with Crippen LogP contribution in [-0.4, -0.2) is 46.5 Å². The summed E-state index contributed by atoms with van der Waals surface area (Å²) >= 11 is 0. The Kier molecular flexibility index (Phi) is 6.29. The molecule has 1 heterocycles. The summed E-state index contributed by atoms with van der Waals surface area (Å²) < 4.78 is 0. The number of hydrogen-bond acceptors (Lipinski definition) is 4. The molecule has 1 atom stereocenters. The minimum absolute atomic E-state index is 0.151. The summed E-state index contributed by atoms with van der Waals surface area (Å²) in [6.45, 7) is -0.0990. The largest absolute Gasteiger partial charge is 0.480 e. The topological polar surface area (TPSA) is 113 Å².